The SMILES string of the molecule is Cc1ccc(S(=O)(=O)N(Cc2ccc(Cl)cc2)c2ccccc2C(=O)Nc2cccc(Br)c2)cc1. The van der Waals surface area contributed by atoms with E-state index < -0.39 is 15.9 Å². The van der Waals surface area contributed by atoms with Crippen molar-refractivity contribution in [1.82, 2.24) is 0 Å². The van der Waals surface area contributed by atoms with Crippen molar-refractivity contribution in [2.24, 2.45) is 0 Å². The number of para-hydroxylation sites is 1. The van der Waals surface area contributed by atoms with E-state index in [1.54, 1.807) is 91.0 Å². The molecular weight excluding hydrogens is 548 g/mol. The number of hydrogen-bond donors (Lipinski definition) is 1. The first-order valence-electron chi connectivity index (χ1n) is 10.7. The first kappa shape index (κ1) is 25.0. The first-order valence-corrected chi connectivity index (χ1v) is 13.3. The Morgan fingerprint density at radius 1 is 0.914 bits per heavy atom. The number of anilines is 2. The molecule has 0 aliphatic heterocycles. The molecule has 0 spiro atoms. The van der Waals surface area contributed by atoms with Gasteiger partial charge in [0.2, 0.25) is 0 Å². The zero-order valence-corrected chi connectivity index (χ0v) is 21.9. The number of halogens is 2. The van der Waals surface area contributed by atoms with Crippen LogP contribution in [0.4, 0.5) is 11.4 Å². The lowest BCUT2D eigenvalue weighted by molar-refractivity contribution is 0.102. The fourth-order valence-electron chi connectivity index (χ4n) is 3.54. The number of aryl methyl sites for hydroxylation is 1. The minimum absolute atomic E-state index is 0.0224. The van der Waals surface area contributed by atoms with Gasteiger partial charge in [0.05, 0.1) is 22.7 Å². The molecule has 4 aromatic carbocycles. The standard InChI is InChI=1S/C27H22BrClN2O3S/c1-19-9-15-24(16-10-19)35(33,34)31(18-20-11-13-22(29)14-12-20)26-8-3-2-7-25(26)27(32)30-23-6-4-5-21(28)17-23/h2-17H,18H2,1H3,(H,30,32). The predicted octanol–water partition coefficient (Wildman–Crippen LogP) is 7.06. The Hall–Kier alpha value is -3.13. The third kappa shape index (κ3) is 5.93. The summed E-state index contributed by atoms with van der Waals surface area (Å²) in [6.45, 7) is 1.91. The Kier molecular flexibility index (Phi) is 7.60. The van der Waals surface area contributed by atoms with Gasteiger partial charge in [-0.2, -0.15) is 0 Å². The highest BCUT2D eigenvalue weighted by molar-refractivity contribution is 9.10. The Labute approximate surface area is 218 Å². The molecule has 178 valence electrons. The van der Waals surface area contributed by atoms with Crippen molar-refractivity contribution in [3.05, 3.63) is 123 Å². The van der Waals surface area contributed by atoms with Crippen molar-refractivity contribution < 1.29 is 13.2 Å². The second-order valence-corrected chi connectivity index (χ2v) is 11.1. The van der Waals surface area contributed by atoms with Crippen LogP contribution in [-0.2, 0) is 16.6 Å². The smallest absolute Gasteiger partial charge is 0.264 e. The molecule has 0 saturated heterocycles. The molecule has 1 N–H and O–H groups in total. The molecular formula is C27H22BrClN2O3S. The van der Waals surface area contributed by atoms with E-state index in [2.05, 4.69) is 21.2 Å². The lowest BCUT2D eigenvalue weighted by atomic mass is 10.1. The van der Waals surface area contributed by atoms with Crippen LogP contribution >= 0.6 is 27.5 Å². The minimum Gasteiger partial charge on any atom is -0.322 e. The predicted molar refractivity (Wildman–Crippen MR) is 145 cm³/mol. The summed E-state index contributed by atoms with van der Waals surface area (Å²) in [5.74, 6) is -0.418. The van der Waals surface area contributed by atoms with E-state index in [9.17, 15) is 13.2 Å². The highest BCUT2D eigenvalue weighted by atomic mass is 79.9. The first-order chi connectivity index (χ1) is 16.7. The number of nitrogens with zero attached hydrogens (tertiary/aromatic N) is 1. The van der Waals surface area contributed by atoms with Crippen molar-refractivity contribution in [3.63, 3.8) is 0 Å². The van der Waals surface area contributed by atoms with Gasteiger partial charge in [-0.1, -0.05) is 75.6 Å². The molecule has 35 heavy (non-hydrogen) atoms. The third-order valence-electron chi connectivity index (χ3n) is 5.35. The normalized spacial score (nSPS) is 11.2. The number of nitrogens with one attached hydrogen (secondary N) is 1. The number of carbonyl (C=O) groups is 1. The molecule has 1 amide bonds. The Morgan fingerprint density at radius 3 is 2.29 bits per heavy atom. The summed E-state index contributed by atoms with van der Waals surface area (Å²) in [5, 5.41) is 3.41. The Morgan fingerprint density at radius 2 is 1.60 bits per heavy atom. The van der Waals surface area contributed by atoms with Gasteiger partial charge in [0, 0.05) is 15.2 Å². The Bertz CT molecular complexity index is 1460. The van der Waals surface area contributed by atoms with Crippen LogP contribution < -0.4 is 9.62 Å². The van der Waals surface area contributed by atoms with E-state index in [1.807, 2.05) is 13.0 Å². The van der Waals surface area contributed by atoms with Crippen LogP contribution in [0.3, 0.4) is 0 Å². The topological polar surface area (TPSA) is 66.5 Å². The summed E-state index contributed by atoms with van der Waals surface area (Å²) in [5.41, 5.74) is 2.77. The number of benzene rings is 4. The molecule has 0 saturated carbocycles. The molecule has 0 aromatic heterocycles. The summed E-state index contributed by atoms with van der Waals surface area (Å²) in [6, 6.07) is 27.5. The van der Waals surface area contributed by atoms with Crippen LogP contribution in [0, 0.1) is 6.92 Å². The molecule has 8 heteroatoms. The van der Waals surface area contributed by atoms with Gasteiger partial charge in [0.15, 0.2) is 0 Å². The molecule has 5 nitrogen and oxygen atoms in total. The van der Waals surface area contributed by atoms with E-state index in [1.165, 1.54) is 4.31 Å². The lowest BCUT2D eigenvalue weighted by Gasteiger charge is -2.27. The zero-order valence-electron chi connectivity index (χ0n) is 18.8. The molecule has 0 aliphatic carbocycles. The number of hydrogen-bond acceptors (Lipinski definition) is 3. The number of amides is 1. The molecule has 0 unspecified atom stereocenters. The number of sulfonamides is 1. The summed E-state index contributed by atoms with van der Waals surface area (Å²) >= 11 is 9.43. The molecule has 0 atom stereocenters. The summed E-state index contributed by atoms with van der Waals surface area (Å²) < 4.78 is 29.8. The molecule has 0 fully saturated rings. The fourth-order valence-corrected chi connectivity index (χ4v) is 5.54. The maximum Gasteiger partial charge on any atom is 0.264 e. The van der Waals surface area contributed by atoms with E-state index >= 15 is 0 Å². The lowest BCUT2D eigenvalue weighted by Crippen LogP contribution is -2.32. The monoisotopic (exact) mass is 568 g/mol. The average Bonchev–Trinajstić information content (AvgIpc) is 2.84. The van der Waals surface area contributed by atoms with E-state index in [4.69, 9.17) is 11.6 Å². The van der Waals surface area contributed by atoms with Crippen LogP contribution in [0.2, 0.25) is 5.02 Å². The van der Waals surface area contributed by atoms with Gasteiger partial charge in [0.1, 0.15) is 0 Å². The van der Waals surface area contributed by atoms with Gasteiger partial charge in [-0.15, -0.1) is 0 Å². The molecule has 4 aromatic rings. The van der Waals surface area contributed by atoms with Gasteiger partial charge in [-0.3, -0.25) is 9.10 Å². The van der Waals surface area contributed by atoms with E-state index in [0.717, 1.165) is 15.6 Å². The van der Waals surface area contributed by atoms with Crippen molar-refractivity contribution in [2.75, 3.05) is 9.62 Å². The van der Waals surface area contributed by atoms with Gasteiger partial charge in [0.25, 0.3) is 15.9 Å². The molecule has 0 radical (unpaired) electrons. The van der Waals surface area contributed by atoms with Crippen molar-refractivity contribution in [1.29, 1.82) is 0 Å². The van der Waals surface area contributed by atoms with Gasteiger partial charge in [-0.25, -0.2) is 8.42 Å². The maximum absolute atomic E-state index is 13.9. The van der Waals surface area contributed by atoms with Crippen LogP contribution in [0.25, 0.3) is 0 Å². The summed E-state index contributed by atoms with van der Waals surface area (Å²) in [4.78, 5) is 13.4. The number of rotatable bonds is 7. The summed E-state index contributed by atoms with van der Waals surface area (Å²) in [6.07, 6.45) is 0. The van der Waals surface area contributed by atoms with Crippen molar-refractivity contribution in [3.8, 4) is 0 Å². The van der Waals surface area contributed by atoms with Gasteiger partial charge >= 0.3 is 0 Å². The average molecular weight is 570 g/mol. The molecule has 0 bridgehead atoms. The minimum atomic E-state index is -4.00. The van der Waals surface area contributed by atoms with Crippen LogP contribution in [-0.4, -0.2) is 14.3 Å². The van der Waals surface area contributed by atoms with Gasteiger partial charge < -0.3 is 5.32 Å². The van der Waals surface area contributed by atoms with Crippen molar-refractivity contribution >= 4 is 54.8 Å². The third-order valence-corrected chi connectivity index (χ3v) is 7.87. The maximum atomic E-state index is 13.9. The van der Waals surface area contributed by atoms with E-state index in [-0.39, 0.29) is 22.7 Å². The van der Waals surface area contributed by atoms with Crippen LogP contribution in [0.5, 0.6) is 0 Å². The second-order valence-electron chi connectivity index (χ2n) is 7.93. The van der Waals surface area contributed by atoms with Crippen LogP contribution in [0.1, 0.15) is 21.5 Å². The van der Waals surface area contributed by atoms with E-state index in [0.29, 0.717) is 10.7 Å². The fraction of sp³-hybridized carbons (Fsp3) is 0.0741. The van der Waals surface area contributed by atoms with Crippen LogP contribution in [0.15, 0.2) is 106 Å². The number of carbonyl (C=O) groups excluding carboxylic acids is 1. The summed E-state index contributed by atoms with van der Waals surface area (Å²) in [7, 11) is -4.00. The largest absolute Gasteiger partial charge is 0.322 e. The Balaban J connectivity index is 1.79. The highest BCUT2D eigenvalue weighted by Gasteiger charge is 2.28. The molecule has 4 rings (SSSR count). The second kappa shape index (κ2) is 10.6. The van der Waals surface area contributed by atoms with Crippen molar-refractivity contribution in [2.45, 2.75) is 18.4 Å². The molecule has 0 aliphatic rings. The quantitative estimate of drug-likeness (QED) is 0.259. The highest BCUT2D eigenvalue weighted by Crippen LogP contribution is 2.30. The van der Waals surface area contributed by atoms with Gasteiger partial charge in [-0.05, 0) is 67.1 Å². The molecule has 0 heterocycles. The zero-order chi connectivity index (χ0) is 25.0.